The molecule has 0 radical (unpaired) electrons. The van der Waals surface area contributed by atoms with Crippen LogP contribution in [0.3, 0.4) is 0 Å². The number of hydrogen-bond acceptors (Lipinski definition) is 6. The van der Waals surface area contributed by atoms with Crippen molar-refractivity contribution in [2.45, 2.75) is 45.3 Å². The number of aliphatic imine (C=N–C) groups is 1. The van der Waals surface area contributed by atoms with Gasteiger partial charge in [0.1, 0.15) is 11.9 Å². The third kappa shape index (κ3) is 6.51. The second kappa shape index (κ2) is 11.8. The molecular formula is C31H36N4O2. The highest BCUT2D eigenvalue weighted by Gasteiger charge is 2.27. The number of ether oxygens (including phenoxy) is 1. The number of hydrogen-bond donors (Lipinski definition) is 1. The molecule has 192 valence electrons. The van der Waals surface area contributed by atoms with Crippen LogP contribution < -0.4 is 10.1 Å². The summed E-state index contributed by atoms with van der Waals surface area (Å²) >= 11 is 0. The van der Waals surface area contributed by atoms with Crippen molar-refractivity contribution < 1.29 is 9.53 Å². The van der Waals surface area contributed by atoms with Crippen LogP contribution in [0.5, 0.6) is 5.75 Å². The lowest BCUT2D eigenvalue weighted by Gasteiger charge is -2.29. The average molecular weight is 497 g/mol. The highest BCUT2D eigenvalue weighted by molar-refractivity contribution is 6.17. The number of nitrogens with one attached hydrogen (secondary N) is 1. The second-order valence-corrected chi connectivity index (χ2v) is 10.3. The van der Waals surface area contributed by atoms with Crippen molar-refractivity contribution in [2.75, 3.05) is 26.7 Å². The smallest absolute Gasteiger partial charge is 0.170 e. The van der Waals surface area contributed by atoms with Crippen LogP contribution in [0.1, 0.15) is 53.4 Å². The van der Waals surface area contributed by atoms with Crippen LogP contribution in [0.25, 0.3) is 0 Å². The molecule has 2 aromatic carbocycles. The Labute approximate surface area is 219 Å². The van der Waals surface area contributed by atoms with Gasteiger partial charge in [0.2, 0.25) is 0 Å². The van der Waals surface area contributed by atoms with E-state index in [9.17, 15) is 4.79 Å². The van der Waals surface area contributed by atoms with E-state index in [1.807, 2.05) is 25.1 Å². The number of carbonyl (C=O) groups is 1. The highest BCUT2D eigenvalue weighted by Crippen LogP contribution is 2.30. The molecule has 2 aliphatic heterocycles. The van der Waals surface area contributed by atoms with Gasteiger partial charge in [0.25, 0.3) is 0 Å². The molecule has 1 N–H and O–H groups in total. The van der Waals surface area contributed by atoms with Crippen LogP contribution in [0.15, 0.2) is 71.9 Å². The maximum atomic E-state index is 13.0. The Balaban J connectivity index is 1.23. The summed E-state index contributed by atoms with van der Waals surface area (Å²) in [5.74, 6) is 1.54. The van der Waals surface area contributed by atoms with E-state index in [4.69, 9.17) is 9.73 Å². The van der Waals surface area contributed by atoms with Crippen LogP contribution >= 0.6 is 0 Å². The van der Waals surface area contributed by atoms with Gasteiger partial charge in [-0.25, -0.2) is 0 Å². The van der Waals surface area contributed by atoms with E-state index in [1.165, 1.54) is 24.0 Å². The first-order valence-corrected chi connectivity index (χ1v) is 13.3. The van der Waals surface area contributed by atoms with Gasteiger partial charge < -0.3 is 15.0 Å². The summed E-state index contributed by atoms with van der Waals surface area (Å²) in [7, 11) is 2.18. The summed E-state index contributed by atoms with van der Waals surface area (Å²) in [4.78, 5) is 24.8. The van der Waals surface area contributed by atoms with Crippen molar-refractivity contribution in [3.05, 3.63) is 89.2 Å². The fraction of sp³-hybridized carbons (Fsp3) is 0.387. The minimum absolute atomic E-state index is 0.0765. The Bertz CT molecular complexity index is 1230. The van der Waals surface area contributed by atoms with E-state index in [0.29, 0.717) is 23.7 Å². The van der Waals surface area contributed by atoms with Gasteiger partial charge in [-0.3, -0.25) is 14.8 Å². The first kappa shape index (κ1) is 25.3. The van der Waals surface area contributed by atoms with Gasteiger partial charge in [-0.1, -0.05) is 42.5 Å². The standard InChI is InChI=1S/C31H36N4O2/c1-22(37-26-10-8-24(9-11-26)18-23-6-4-3-5-7-23)28-19-30(36)27-12-15-33-29(31(27)34-28)21-32-20-25-13-16-35(2)17-14-25/h3-12,15,22,25,32H,13-14,16-21H2,1-2H3/t22-/m1/s1. The molecule has 1 fully saturated rings. The number of ketones is 1. The Morgan fingerprint density at radius 2 is 1.76 bits per heavy atom. The van der Waals surface area contributed by atoms with Gasteiger partial charge >= 0.3 is 0 Å². The number of piperidine rings is 1. The Kier molecular flexibility index (Phi) is 8.07. The molecule has 5 rings (SSSR count). The SMILES string of the molecule is C[C@@H](Oc1ccc(Cc2ccccc2)cc1)C1=Nc2c(ccnc2CNCC2CCN(C)CC2)C(=O)C1. The zero-order chi connectivity index (χ0) is 25.6. The molecule has 1 aromatic heterocycles. The van der Waals surface area contributed by atoms with E-state index in [1.54, 1.807) is 12.3 Å². The first-order valence-electron chi connectivity index (χ1n) is 13.3. The summed E-state index contributed by atoms with van der Waals surface area (Å²) in [5, 5.41) is 3.56. The van der Waals surface area contributed by atoms with Crippen LogP contribution in [0, 0.1) is 5.92 Å². The normalized spacial score (nSPS) is 17.2. The maximum Gasteiger partial charge on any atom is 0.170 e. The fourth-order valence-electron chi connectivity index (χ4n) is 5.10. The maximum absolute atomic E-state index is 13.0. The van der Waals surface area contributed by atoms with Crippen LogP contribution in [-0.2, 0) is 13.0 Å². The predicted molar refractivity (Wildman–Crippen MR) is 148 cm³/mol. The molecule has 0 spiro atoms. The Hall–Kier alpha value is -3.35. The number of rotatable bonds is 9. The lowest BCUT2D eigenvalue weighted by Crippen LogP contribution is -2.35. The van der Waals surface area contributed by atoms with Crippen molar-refractivity contribution in [3.8, 4) is 5.75 Å². The summed E-state index contributed by atoms with van der Waals surface area (Å²) in [6, 6.07) is 20.4. The number of benzene rings is 2. The summed E-state index contributed by atoms with van der Waals surface area (Å²) in [6.45, 7) is 5.84. The van der Waals surface area contributed by atoms with E-state index in [2.05, 4.69) is 58.6 Å². The summed E-state index contributed by atoms with van der Waals surface area (Å²) < 4.78 is 6.21. The first-order chi connectivity index (χ1) is 18.0. The summed E-state index contributed by atoms with van der Waals surface area (Å²) in [5.41, 5.74) is 5.44. The predicted octanol–water partition coefficient (Wildman–Crippen LogP) is 5.23. The number of carbonyl (C=O) groups excluding carboxylic acids is 1. The molecular weight excluding hydrogens is 460 g/mol. The zero-order valence-electron chi connectivity index (χ0n) is 21.8. The number of Topliss-reactive ketones (excluding diaryl/α,β-unsaturated/α-hetero) is 1. The number of pyridine rings is 1. The van der Waals surface area contributed by atoms with E-state index in [0.717, 1.165) is 43.2 Å². The Morgan fingerprint density at radius 1 is 1.03 bits per heavy atom. The monoisotopic (exact) mass is 496 g/mol. The van der Waals surface area contributed by atoms with Gasteiger partial charge in [0.15, 0.2) is 5.78 Å². The summed E-state index contributed by atoms with van der Waals surface area (Å²) in [6.07, 6.45) is 5.00. The van der Waals surface area contributed by atoms with Crippen LogP contribution in [0.2, 0.25) is 0 Å². The van der Waals surface area contributed by atoms with Crippen LogP contribution in [0.4, 0.5) is 5.69 Å². The molecule has 1 saturated heterocycles. The van der Waals surface area contributed by atoms with Crippen molar-refractivity contribution in [1.29, 1.82) is 0 Å². The fourth-order valence-corrected chi connectivity index (χ4v) is 5.10. The third-order valence-electron chi connectivity index (χ3n) is 7.42. The Morgan fingerprint density at radius 3 is 2.51 bits per heavy atom. The third-order valence-corrected chi connectivity index (χ3v) is 7.42. The molecule has 3 heterocycles. The number of nitrogens with zero attached hydrogens (tertiary/aromatic N) is 3. The number of fused-ring (bicyclic) bond motifs is 1. The topological polar surface area (TPSA) is 66.8 Å². The van der Waals surface area contributed by atoms with Crippen molar-refractivity contribution in [2.24, 2.45) is 10.9 Å². The highest BCUT2D eigenvalue weighted by atomic mass is 16.5. The minimum Gasteiger partial charge on any atom is -0.485 e. The molecule has 1 atom stereocenters. The van der Waals surface area contributed by atoms with Gasteiger partial charge in [-0.15, -0.1) is 0 Å². The van der Waals surface area contributed by atoms with Gasteiger partial charge in [-0.05, 0) is 88.1 Å². The second-order valence-electron chi connectivity index (χ2n) is 10.3. The quantitative estimate of drug-likeness (QED) is 0.439. The molecule has 0 saturated carbocycles. The van der Waals surface area contributed by atoms with Crippen molar-refractivity contribution in [1.82, 2.24) is 15.2 Å². The molecule has 6 nitrogen and oxygen atoms in total. The zero-order valence-corrected chi connectivity index (χ0v) is 21.8. The minimum atomic E-state index is -0.308. The molecule has 3 aromatic rings. The van der Waals surface area contributed by atoms with Gasteiger partial charge in [-0.2, -0.15) is 0 Å². The molecule has 0 unspecified atom stereocenters. The number of likely N-dealkylation sites (tertiary alicyclic amines) is 1. The largest absolute Gasteiger partial charge is 0.485 e. The van der Waals surface area contributed by atoms with E-state index in [-0.39, 0.29) is 18.3 Å². The van der Waals surface area contributed by atoms with Gasteiger partial charge in [0.05, 0.1) is 23.5 Å². The molecule has 0 bridgehead atoms. The lowest BCUT2D eigenvalue weighted by molar-refractivity contribution is 0.0996. The molecule has 2 aliphatic rings. The lowest BCUT2D eigenvalue weighted by atomic mass is 9.96. The van der Waals surface area contributed by atoms with E-state index >= 15 is 0 Å². The van der Waals surface area contributed by atoms with Crippen molar-refractivity contribution >= 4 is 17.2 Å². The van der Waals surface area contributed by atoms with Gasteiger partial charge in [0, 0.05) is 18.3 Å². The van der Waals surface area contributed by atoms with Crippen LogP contribution in [-0.4, -0.2) is 54.2 Å². The average Bonchev–Trinajstić information content (AvgIpc) is 2.92. The van der Waals surface area contributed by atoms with Crippen molar-refractivity contribution in [3.63, 3.8) is 0 Å². The molecule has 0 amide bonds. The molecule has 37 heavy (non-hydrogen) atoms. The molecule has 0 aliphatic carbocycles. The number of aromatic nitrogens is 1. The molecule has 6 heteroatoms. The van der Waals surface area contributed by atoms with E-state index < -0.39 is 0 Å².